The fourth-order valence-corrected chi connectivity index (χ4v) is 2.56. The van der Waals surface area contributed by atoms with Crippen LogP contribution in [-0.4, -0.2) is 23.2 Å². The first-order chi connectivity index (χ1) is 9.40. The summed E-state index contributed by atoms with van der Waals surface area (Å²) in [7, 11) is 0. The maximum absolute atomic E-state index is 5.36. The van der Waals surface area contributed by atoms with E-state index in [1.807, 2.05) is 18.2 Å². The Morgan fingerprint density at radius 2 is 1.90 bits per heavy atom. The minimum Gasteiger partial charge on any atom is -0.339 e. The minimum atomic E-state index is 0. The second-order valence-corrected chi connectivity index (χ2v) is 5.16. The first-order valence-electron chi connectivity index (χ1n) is 6.96. The van der Waals surface area contributed by atoms with Crippen LogP contribution in [0.2, 0.25) is 0 Å². The lowest BCUT2D eigenvalue weighted by Gasteiger charge is -2.20. The Bertz CT molecular complexity index is 509. The van der Waals surface area contributed by atoms with Crippen molar-refractivity contribution in [3.05, 3.63) is 47.6 Å². The Morgan fingerprint density at radius 1 is 1.15 bits per heavy atom. The summed E-state index contributed by atoms with van der Waals surface area (Å²) in [6.45, 7) is 2.21. The van der Waals surface area contributed by atoms with Gasteiger partial charge in [-0.25, -0.2) is 0 Å². The highest BCUT2D eigenvalue weighted by atomic mass is 35.5. The number of hydrogen-bond donors (Lipinski definition) is 1. The quantitative estimate of drug-likeness (QED) is 0.941. The fourth-order valence-electron chi connectivity index (χ4n) is 2.56. The normalized spacial score (nSPS) is 15.8. The monoisotopic (exact) mass is 293 g/mol. The van der Waals surface area contributed by atoms with Gasteiger partial charge in [0.15, 0.2) is 5.82 Å². The van der Waals surface area contributed by atoms with Gasteiger partial charge < -0.3 is 9.84 Å². The van der Waals surface area contributed by atoms with Gasteiger partial charge in [-0.1, -0.05) is 35.5 Å². The van der Waals surface area contributed by atoms with Crippen molar-refractivity contribution in [3.63, 3.8) is 0 Å². The number of halogens is 1. The molecule has 1 aliphatic heterocycles. The van der Waals surface area contributed by atoms with Crippen molar-refractivity contribution in [1.82, 2.24) is 15.5 Å². The van der Waals surface area contributed by atoms with Gasteiger partial charge in [-0.2, -0.15) is 4.98 Å². The van der Waals surface area contributed by atoms with Crippen LogP contribution in [0, 0.1) is 5.92 Å². The number of aromatic nitrogens is 2. The molecular formula is C15H20ClN3O. The zero-order valence-corrected chi connectivity index (χ0v) is 12.2. The second-order valence-electron chi connectivity index (χ2n) is 5.16. The molecule has 0 saturated carbocycles. The van der Waals surface area contributed by atoms with Crippen LogP contribution in [0.4, 0.5) is 0 Å². The van der Waals surface area contributed by atoms with Gasteiger partial charge in [0.25, 0.3) is 0 Å². The maximum atomic E-state index is 5.36. The summed E-state index contributed by atoms with van der Waals surface area (Å²) >= 11 is 0. The van der Waals surface area contributed by atoms with Gasteiger partial charge in [-0.15, -0.1) is 12.4 Å². The molecule has 0 unspecified atom stereocenters. The predicted molar refractivity (Wildman–Crippen MR) is 80.1 cm³/mol. The fraction of sp³-hybridized carbons (Fsp3) is 0.467. The molecule has 0 spiro atoms. The standard InChI is InChI=1S/C15H19N3O.ClH/c1-2-4-12(5-3-1)10-14-17-15(19-18-14)11-13-6-8-16-9-7-13;/h1-5,13,16H,6-11H2;1H. The van der Waals surface area contributed by atoms with Crippen LogP contribution in [-0.2, 0) is 12.8 Å². The van der Waals surface area contributed by atoms with E-state index in [9.17, 15) is 0 Å². The van der Waals surface area contributed by atoms with Crippen molar-refractivity contribution >= 4 is 12.4 Å². The third-order valence-corrected chi connectivity index (χ3v) is 3.64. The molecule has 0 amide bonds. The summed E-state index contributed by atoms with van der Waals surface area (Å²) in [5, 5.41) is 7.45. The third-order valence-electron chi connectivity index (χ3n) is 3.64. The average Bonchev–Trinajstić information content (AvgIpc) is 2.88. The first-order valence-corrected chi connectivity index (χ1v) is 6.96. The number of benzene rings is 1. The van der Waals surface area contributed by atoms with Crippen LogP contribution in [0.5, 0.6) is 0 Å². The van der Waals surface area contributed by atoms with Crippen molar-refractivity contribution in [2.75, 3.05) is 13.1 Å². The van der Waals surface area contributed by atoms with Crippen molar-refractivity contribution < 1.29 is 4.52 Å². The van der Waals surface area contributed by atoms with E-state index < -0.39 is 0 Å². The van der Waals surface area contributed by atoms with Crippen LogP contribution < -0.4 is 5.32 Å². The molecule has 2 aromatic rings. The van der Waals surface area contributed by atoms with E-state index in [-0.39, 0.29) is 12.4 Å². The van der Waals surface area contributed by atoms with Crippen molar-refractivity contribution in [3.8, 4) is 0 Å². The van der Waals surface area contributed by atoms with Crippen molar-refractivity contribution in [1.29, 1.82) is 0 Å². The molecule has 1 fully saturated rings. The predicted octanol–water partition coefficient (Wildman–Crippen LogP) is 2.62. The molecule has 2 heterocycles. The number of hydrogen-bond acceptors (Lipinski definition) is 4. The summed E-state index contributed by atoms with van der Waals surface area (Å²) < 4.78 is 5.36. The molecule has 1 aromatic carbocycles. The van der Waals surface area contributed by atoms with E-state index in [1.54, 1.807) is 0 Å². The van der Waals surface area contributed by atoms with Crippen molar-refractivity contribution in [2.24, 2.45) is 5.92 Å². The van der Waals surface area contributed by atoms with E-state index >= 15 is 0 Å². The highest BCUT2D eigenvalue weighted by Crippen LogP contribution is 2.17. The summed E-state index contributed by atoms with van der Waals surface area (Å²) in [6.07, 6.45) is 4.08. The smallest absolute Gasteiger partial charge is 0.226 e. The lowest BCUT2D eigenvalue weighted by Crippen LogP contribution is -2.28. The molecule has 0 aliphatic carbocycles. The van der Waals surface area contributed by atoms with Gasteiger partial charge in [-0.05, 0) is 37.4 Å². The molecule has 5 heteroatoms. The highest BCUT2D eigenvalue weighted by molar-refractivity contribution is 5.85. The Morgan fingerprint density at radius 3 is 2.65 bits per heavy atom. The zero-order chi connectivity index (χ0) is 12.9. The Balaban J connectivity index is 0.00000147. The van der Waals surface area contributed by atoms with Crippen LogP contribution in [0.1, 0.15) is 30.1 Å². The lowest BCUT2D eigenvalue weighted by atomic mass is 9.95. The second kappa shape index (κ2) is 7.41. The van der Waals surface area contributed by atoms with Gasteiger partial charge in [0.05, 0.1) is 0 Å². The van der Waals surface area contributed by atoms with Gasteiger partial charge in [0, 0.05) is 12.8 Å². The van der Waals surface area contributed by atoms with E-state index in [2.05, 4.69) is 27.6 Å². The van der Waals surface area contributed by atoms with Gasteiger partial charge in [-0.3, -0.25) is 0 Å². The Hall–Kier alpha value is -1.39. The Kier molecular flexibility index (Phi) is 5.56. The van der Waals surface area contributed by atoms with E-state index in [1.165, 1.54) is 18.4 Å². The number of rotatable bonds is 4. The van der Waals surface area contributed by atoms with E-state index in [0.717, 1.165) is 37.6 Å². The molecule has 1 aliphatic rings. The van der Waals surface area contributed by atoms with Crippen molar-refractivity contribution in [2.45, 2.75) is 25.7 Å². The molecule has 1 aromatic heterocycles. The summed E-state index contributed by atoms with van der Waals surface area (Å²) in [5.41, 5.74) is 1.22. The van der Waals surface area contributed by atoms with Crippen LogP contribution in [0.25, 0.3) is 0 Å². The molecule has 3 rings (SSSR count). The molecular weight excluding hydrogens is 274 g/mol. The SMILES string of the molecule is Cl.c1ccc(Cc2noc(CC3CCNCC3)n2)cc1. The van der Waals surface area contributed by atoms with E-state index in [0.29, 0.717) is 5.92 Å². The van der Waals surface area contributed by atoms with Gasteiger partial charge in [0.1, 0.15) is 0 Å². The van der Waals surface area contributed by atoms with Crippen LogP contribution in [0.3, 0.4) is 0 Å². The molecule has 1 N–H and O–H groups in total. The molecule has 0 bridgehead atoms. The highest BCUT2D eigenvalue weighted by Gasteiger charge is 2.17. The first kappa shape index (κ1) is 15.0. The molecule has 1 saturated heterocycles. The number of nitrogens with zero attached hydrogens (tertiary/aromatic N) is 2. The summed E-state index contributed by atoms with van der Waals surface area (Å²) in [6, 6.07) is 10.3. The molecule has 20 heavy (non-hydrogen) atoms. The number of nitrogens with one attached hydrogen (secondary N) is 1. The van der Waals surface area contributed by atoms with E-state index in [4.69, 9.17) is 4.52 Å². The van der Waals surface area contributed by atoms with Crippen LogP contribution >= 0.6 is 12.4 Å². The summed E-state index contributed by atoms with van der Waals surface area (Å²) in [5.74, 6) is 2.26. The number of piperidine rings is 1. The Labute approximate surface area is 125 Å². The molecule has 0 radical (unpaired) electrons. The average molecular weight is 294 g/mol. The maximum Gasteiger partial charge on any atom is 0.226 e. The molecule has 108 valence electrons. The van der Waals surface area contributed by atoms with Crippen LogP contribution in [0.15, 0.2) is 34.9 Å². The topological polar surface area (TPSA) is 51.0 Å². The largest absolute Gasteiger partial charge is 0.339 e. The van der Waals surface area contributed by atoms with Gasteiger partial charge >= 0.3 is 0 Å². The molecule has 0 atom stereocenters. The third kappa shape index (κ3) is 4.05. The molecule has 4 nitrogen and oxygen atoms in total. The lowest BCUT2D eigenvalue weighted by molar-refractivity contribution is 0.312. The zero-order valence-electron chi connectivity index (χ0n) is 11.4. The summed E-state index contributed by atoms with van der Waals surface area (Å²) in [4.78, 5) is 4.50. The van der Waals surface area contributed by atoms with Gasteiger partial charge in [0.2, 0.25) is 5.89 Å². The minimum absolute atomic E-state index is 0.